The van der Waals surface area contributed by atoms with Crippen molar-refractivity contribution in [1.82, 2.24) is 5.32 Å². The van der Waals surface area contributed by atoms with Gasteiger partial charge < -0.3 is 10.4 Å². The number of hydrogen-bond acceptors (Lipinski definition) is 2. The van der Waals surface area contributed by atoms with Gasteiger partial charge in [-0.15, -0.1) is 0 Å². The third-order valence-corrected chi connectivity index (χ3v) is 3.07. The van der Waals surface area contributed by atoms with E-state index in [2.05, 4.69) is 5.32 Å². The lowest BCUT2D eigenvalue weighted by Crippen LogP contribution is -2.25. The number of halogens is 1. The highest BCUT2D eigenvalue weighted by molar-refractivity contribution is 5.76. The van der Waals surface area contributed by atoms with Gasteiger partial charge in [0, 0.05) is 19.4 Å². The molecule has 0 fully saturated rings. The number of carboxylic acid groups (broad SMARTS) is 1. The normalized spacial score (nSPS) is 11.9. The summed E-state index contributed by atoms with van der Waals surface area (Å²) < 4.78 is 13.5. The van der Waals surface area contributed by atoms with Crippen molar-refractivity contribution in [2.45, 2.75) is 38.5 Å². The molecule has 2 N–H and O–H groups in total. The molecule has 4 nitrogen and oxygen atoms in total. The molecule has 0 heterocycles. The molecule has 0 aliphatic heterocycles. The Morgan fingerprint density at radius 2 is 2.00 bits per heavy atom. The van der Waals surface area contributed by atoms with Crippen molar-refractivity contribution < 1.29 is 19.1 Å². The maximum absolute atomic E-state index is 13.5. The van der Waals surface area contributed by atoms with E-state index in [1.54, 1.807) is 18.2 Å². The Kier molecular flexibility index (Phi) is 6.70. The summed E-state index contributed by atoms with van der Waals surface area (Å²) in [5, 5.41) is 11.2. The number of nitrogens with one attached hydrogen (secondary N) is 1. The van der Waals surface area contributed by atoms with Gasteiger partial charge in [0.2, 0.25) is 5.91 Å². The molecule has 0 aliphatic rings. The Morgan fingerprint density at radius 3 is 2.65 bits per heavy atom. The number of carbonyl (C=O) groups excluding carboxylic acids is 1. The number of benzene rings is 1. The lowest BCUT2D eigenvalue weighted by molar-refractivity contribution is -0.137. The fraction of sp³-hybridized carbons (Fsp3) is 0.467. The van der Waals surface area contributed by atoms with Crippen LogP contribution in [-0.4, -0.2) is 23.5 Å². The average molecular weight is 281 g/mol. The molecule has 0 spiro atoms. The molecule has 1 unspecified atom stereocenters. The molecule has 5 heteroatoms. The van der Waals surface area contributed by atoms with E-state index in [-0.39, 0.29) is 30.5 Å². The Hall–Kier alpha value is -1.91. The first kappa shape index (κ1) is 16.1. The van der Waals surface area contributed by atoms with E-state index in [1.165, 1.54) is 6.07 Å². The molecule has 1 rings (SSSR count). The molecular formula is C15H20FNO3. The van der Waals surface area contributed by atoms with E-state index < -0.39 is 5.97 Å². The number of amides is 1. The van der Waals surface area contributed by atoms with Crippen molar-refractivity contribution in [3.8, 4) is 0 Å². The molecule has 0 aromatic heterocycles. The quantitative estimate of drug-likeness (QED) is 0.720. The van der Waals surface area contributed by atoms with Crippen LogP contribution >= 0.6 is 0 Å². The fourth-order valence-electron chi connectivity index (χ4n) is 1.96. The summed E-state index contributed by atoms with van der Waals surface area (Å²) in [6, 6.07) is 6.43. The lowest BCUT2D eigenvalue weighted by atomic mass is 9.97. The van der Waals surface area contributed by atoms with Crippen molar-refractivity contribution in [1.29, 1.82) is 0 Å². The second kappa shape index (κ2) is 8.30. The van der Waals surface area contributed by atoms with E-state index in [9.17, 15) is 14.0 Å². The van der Waals surface area contributed by atoms with Gasteiger partial charge in [0.15, 0.2) is 0 Å². The van der Waals surface area contributed by atoms with Gasteiger partial charge in [-0.3, -0.25) is 9.59 Å². The Labute approximate surface area is 118 Å². The Morgan fingerprint density at radius 1 is 1.30 bits per heavy atom. The maximum Gasteiger partial charge on any atom is 0.303 e. The van der Waals surface area contributed by atoms with Crippen LogP contribution in [0.25, 0.3) is 0 Å². The molecule has 1 aromatic rings. The van der Waals surface area contributed by atoms with Crippen LogP contribution in [0.2, 0.25) is 0 Å². The van der Waals surface area contributed by atoms with E-state index in [0.717, 1.165) is 0 Å². The summed E-state index contributed by atoms with van der Waals surface area (Å²) in [5.41, 5.74) is 0.536. The van der Waals surface area contributed by atoms with E-state index in [0.29, 0.717) is 24.9 Å². The maximum atomic E-state index is 13.5. The SMILES string of the molecule is CC(CC(=O)NCCCCC(=O)O)c1ccccc1F. The lowest BCUT2D eigenvalue weighted by Gasteiger charge is -2.12. The van der Waals surface area contributed by atoms with Gasteiger partial charge in [-0.25, -0.2) is 4.39 Å². The second-order valence-electron chi connectivity index (χ2n) is 4.83. The summed E-state index contributed by atoms with van der Waals surface area (Å²) in [6.45, 7) is 2.26. The number of carbonyl (C=O) groups is 2. The zero-order chi connectivity index (χ0) is 15.0. The predicted octanol–water partition coefficient (Wildman–Crippen LogP) is 2.69. The van der Waals surface area contributed by atoms with Crippen LogP contribution in [0.4, 0.5) is 4.39 Å². The van der Waals surface area contributed by atoms with Gasteiger partial charge in [-0.05, 0) is 30.4 Å². The topological polar surface area (TPSA) is 66.4 Å². The standard InChI is InChI=1S/C15H20FNO3/c1-11(12-6-2-3-7-13(12)16)10-14(18)17-9-5-4-8-15(19)20/h2-3,6-7,11H,4-5,8-10H2,1H3,(H,17,18)(H,19,20). The first-order valence-electron chi connectivity index (χ1n) is 6.73. The van der Waals surface area contributed by atoms with Crippen LogP contribution in [0, 0.1) is 5.82 Å². The van der Waals surface area contributed by atoms with Gasteiger partial charge in [-0.2, -0.15) is 0 Å². The van der Waals surface area contributed by atoms with Crippen molar-refractivity contribution in [3.05, 3.63) is 35.6 Å². The van der Waals surface area contributed by atoms with Crippen LogP contribution in [0.3, 0.4) is 0 Å². The van der Waals surface area contributed by atoms with Crippen LogP contribution in [0.1, 0.15) is 44.1 Å². The number of unbranched alkanes of at least 4 members (excludes halogenated alkanes) is 1. The second-order valence-corrected chi connectivity index (χ2v) is 4.83. The third-order valence-electron chi connectivity index (χ3n) is 3.07. The highest BCUT2D eigenvalue weighted by atomic mass is 19.1. The monoisotopic (exact) mass is 281 g/mol. The van der Waals surface area contributed by atoms with Crippen molar-refractivity contribution in [2.24, 2.45) is 0 Å². The smallest absolute Gasteiger partial charge is 0.303 e. The molecule has 0 aliphatic carbocycles. The van der Waals surface area contributed by atoms with Gasteiger partial charge in [0.05, 0.1) is 0 Å². The fourth-order valence-corrected chi connectivity index (χ4v) is 1.96. The molecular weight excluding hydrogens is 261 g/mol. The molecule has 0 saturated heterocycles. The first-order chi connectivity index (χ1) is 9.50. The van der Waals surface area contributed by atoms with Crippen molar-refractivity contribution in [3.63, 3.8) is 0 Å². The zero-order valence-corrected chi connectivity index (χ0v) is 11.6. The van der Waals surface area contributed by atoms with Gasteiger partial charge in [0.1, 0.15) is 5.82 Å². The van der Waals surface area contributed by atoms with Crippen molar-refractivity contribution >= 4 is 11.9 Å². The highest BCUT2D eigenvalue weighted by Crippen LogP contribution is 2.21. The molecule has 0 radical (unpaired) electrons. The average Bonchev–Trinajstić information content (AvgIpc) is 2.38. The number of rotatable bonds is 8. The molecule has 0 bridgehead atoms. The minimum absolute atomic E-state index is 0.113. The number of hydrogen-bond donors (Lipinski definition) is 2. The summed E-state index contributed by atoms with van der Waals surface area (Å²) >= 11 is 0. The number of carboxylic acids is 1. The molecule has 0 saturated carbocycles. The Balaban J connectivity index is 2.28. The predicted molar refractivity (Wildman–Crippen MR) is 73.9 cm³/mol. The minimum Gasteiger partial charge on any atom is -0.481 e. The molecule has 20 heavy (non-hydrogen) atoms. The Bertz CT molecular complexity index is 462. The van der Waals surface area contributed by atoms with E-state index in [1.807, 2.05) is 6.92 Å². The minimum atomic E-state index is -0.829. The zero-order valence-electron chi connectivity index (χ0n) is 11.6. The van der Waals surface area contributed by atoms with Crippen molar-refractivity contribution in [2.75, 3.05) is 6.54 Å². The molecule has 110 valence electrons. The van der Waals surface area contributed by atoms with Crippen LogP contribution in [0.15, 0.2) is 24.3 Å². The van der Waals surface area contributed by atoms with Gasteiger partial charge in [0.25, 0.3) is 0 Å². The summed E-state index contributed by atoms with van der Waals surface area (Å²) in [4.78, 5) is 22.0. The van der Waals surface area contributed by atoms with E-state index in [4.69, 9.17) is 5.11 Å². The summed E-state index contributed by atoms with van der Waals surface area (Å²) in [7, 11) is 0. The van der Waals surface area contributed by atoms with Gasteiger partial charge >= 0.3 is 5.97 Å². The molecule has 1 amide bonds. The van der Waals surface area contributed by atoms with Crippen LogP contribution in [0.5, 0.6) is 0 Å². The third kappa shape index (κ3) is 5.82. The van der Waals surface area contributed by atoms with Gasteiger partial charge in [-0.1, -0.05) is 25.1 Å². The highest BCUT2D eigenvalue weighted by Gasteiger charge is 2.14. The van der Waals surface area contributed by atoms with Crippen LogP contribution < -0.4 is 5.32 Å². The first-order valence-corrected chi connectivity index (χ1v) is 6.73. The molecule has 1 atom stereocenters. The molecule has 1 aromatic carbocycles. The van der Waals surface area contributed by atoms with Crippen LogP contribution in [-0.2, 0) is 9.59 Å². The number of aliphatic carboxylic acids is 1. The van der Waals surface area contributed by atoms with E-state index >= 15 is 0 Å². The summed E-state index contributed by atoms with van der Waals surface area (Å²) in [5.74, 6) is -1.45. The summed E-state index contributed by atoms with van der Waals surface area (Å²) in [6.07, 6.45) is 1.51. The largest absolute Gasteiger partial charge is 0.481 e.